The number of hydrogen-bond donors (Lipinski definition) is 3. The second kappa shape index (κ2) is 10.1. The molecular formula is C22H30N4O2. The molecule has 0 saturated heterocycles. The molecule has 6 heteroatoms. The van der Waals surface area contributed by atoms with Gasteiger partial charge in [-0.1, -0.05) is 36.8 Å². The van der Waals surface area contributed by atoms with E-state index in [-0.39, 0.29) is 6.61 Å². The summed E-state index contributed by atoms with van der Waals surface area (Å²) >= 11 is 0. The van der Waals surface area contributed by atoms with Gasteiger partial charge in [-0.3, -0.25) is 5.84 Å². The summed E-state index contributed by atoms with van der Waals surface area (Å²) in [5.41, 5.74) is 12.6. The minimum Gasteiger partial charge on any atom is -0.489 e. The Hall–Kier alpha value is -2.57. The first kappa shape index (κ1) is 20.2. The Balaban J connectivity index is 1.64. The quantitative estimate of drug-likeness (QED) is 0.478. The maximum atomic E-state index is 6.29. The molecule has 1 saturated carbocycles. The highest BCUT2D eigenvalue weighted by atomic mass is 16.5. The lowest BCUT2D eigenvalue weighted by Crippen LogP contribution is -2.28. The molecule has 0 unspecified atom stereocenters. The fourth-order valence-corrected chi connectivity index (χ4v) is 3.38. The molecule has 0 bridgehead atoms. The number of nitrogens with zero attached hydrogens (tertiary/aromatic N) is 1. The Labute approximate surface area is 166 Å². The number of benzene rings is 1. The Bertz CT molecular complexity index is 786. The zero-order valence-corrected chi connectivity index (χ0v) is 16.5. The summed E-state index contributed by atoms with van der Waals surface area (Å²) in [4.78, 5) is 4.61. The van der Waals surface area contributed by atoms with Crippen LogP contribution in [0.25, 0.3) is 5.70 Å². The van der Waals surface area contributed by atoms with Crippen LogP contribution in [0.3, 0.4) is 0 Å². The molecule has 0 amide bonds. The van der Waals surface area contributed by atoms with E-state index in [0.717, 1.165) is 29.8 Å². The molecule has 1 aromatic heterocycles. The summed E-state index contributed by atoms with van der Waals surface area (Å²) in [6.45, 7) is 2.70. The zero-order chi connectivity index (χ0) is 19.8. The maximum Gasteiger partial charge on any atom is 0.140 e. The SMILES string of the molecule is Cc1nc(/C(N)=C(\COCc2ccccc2)NN)ccc1OC1CCCCC1. The van der Waals surface area contributed by atoms with Gasteiger partial charge in [0.1, 0.15) is 5.75 Å². The fraction of sp³-hybridized carbons (Fsp3) is 0.409. The molecule has 6 nitrogen and oxygen atoms in total. The molecule has 0 spiro atoms. The molecule has 0 aliphatic heterocycles. The van der Waals surface area contributed by atoms with Gasteiger partial charge in [0.2, 0.25) is 0 Å². The molecule has 0 atom stereocenters. The Morgan fingerprint density at radius 2 is 1.86 bits per heavy atom. The van der Waals surface area contributed by atoms with Crippen LogP contribution in [0.15, 0.2) is 48.2 Å². The molecule has 150 valence electrons. The van der Waals surface area contributed by atoms with Crippen molar-refractivity contribution in [2.24, 2.45) is 11.6 Å². The molecule has 1 heterocycles. The predicted molar refractivity (Wildman–Crippen MR) is 111 cm³/mol. The number of ether oxygens (including phenoxy) is 2. The number of hydrazine groups is 1. The minimum absolute atomic E-state index is 0.276. The van der Waals surface area contributed by atoms with Crippen LogP contribution in [-0.4, -0.2) is 17.7 Å². The van der Waals surface area contributed by atoms with Crippen molar-refractivity contribution in [1.29, 1.82) is 0 Å². The van der Waals surface area contributed by atoms with Crippen molar-refractivity contribution in [3.05, 3.63) is 65.1 Å². The number of nitrogens with two attached hydrogens (primary N) is 2. The van der Waals surface area contributed by atoms with Crippen LogP contribution >= 0.6 is 0 Å². The second-order valence-corrected chi connectivity index (χ2v) is 7.17. The summed E-state index contributed by atoms with van der Waals surface area (Å²) in [5, 5.41) is 0. The van der Waals surface area contributed by atoms with E-state index in [4.69, 9.17) is 21.1 Å². The Kier molecular flexibility index (Phi) is 7.28. The molecule has 0 radical (unpaired) electrons. The molecule has 1 fully saturated rings. The minimum atomic E-state index is 0.276. The summed E-state index contributed by atoms with van der Waals surface area (Å²) in [6, 6.07) is 13.8. The third-order valence-corrected chi connectivity index (χ3v) is 5.02. The number of hydrogen-bond acceptors (Lipinski definition) is 6. The van der Waals surface area contributed by atoms with Gasteiger partial charge < -0.3 is 20.6 Å². The van der Waals surface area contributed by atoms with Crippen molar-refractivity contribution in [1.82, 2.24) is 10.4 Å². The lowest BCUT2D eigenvalue weighted by atomic mass is 9.98. The average molecular weight is 383 g/mol. The van der Waals surface area contributed by atoms with Crippen LogP contribution in [0.4, 0.5) is 0 Å². The highest BCUT2D eigenvalue weighted by molar-refractivity contribution is 5.63. The van der Waals surface area contributed by atoms with Gasteiger partial charge in [0, 0.05) is 0 Å². The van der Waals surface area contributed by atoms with Crippen molar-refractivity contribution in [2.45, 2.75) is 51.7 Å². The van der Waals surface area contributed by atoms with Gasteiger partial charge in [0.15, 0.2) is 0 Å². The number of nitrogens with one attached hydrogen (secondary N) is 1. The fourth-order valence-electron chi connectivity index (χ4n) is 3.38. The van der Waals surface area contributed by atoms with Crippen molar-refractivity contribution >= 4 is 5.70 Å². The monoisotopic (exact) mass is 382 g/mol. The van der Waals surface area contributed by atoms with Gasteiger partial charge in [-0.25, -0.2) is 4.98 Å². The van der Waals surface area contributed by atoms with Crippen molar-refractivity contribution in [2.75, 3.05) is 6.61 Å². The van der Waals surface area contributed by atoms with Gasteiger partial charge in [0.05, 0.1) is 42.1 Å². The molecule has 2 aromatic rings. The van der Waals surface area contributed by atoms with Crippen molar-refractivity contribution in [3.63, 3.8) is 0 Å². The lowest BCUT2D eigenvalue weighted by Gasteiger charge is -2.23. The van der Waals surface area contributed by atoms with E-state index in [1.165, 1.54) is 19.3 Å². The van der Waals surface area contributed by atoms with Crippen molar-refractivity contribution in [3.8, 4) is 5.75 Å². The van der Waals surface area contributed by atoms with Crippen LogP contribution in [0.2, 0.25) is 0 Å². The number of aryl methyl sites for hydroxylation is 1. The van der Waals surface area contributed by atoms with E-state index in [2.05, 4.69) is 10.4 Å². The first-order chi connectivity index (χ1) is 13.7. The molecule has 28 heavy (non-hydrogen) atoms. The normalized spacial score (nSPS) is 15.8. The third-order valence-electron chi connectivity index (χ3n) is 5.02. The topological polar surface area (TPSA) is 95.4 Å². The molecule has 3 rings (SSSR count). The largest absolute Gasteiger partial charge is 0.489 e. The van der Waals surface area contributed by atoms with Crippen LogP contribution < -0.4 is 21.7 Å². The maximum absolute atomic E-state index is 6.29. The van der Waals surface area contributed by atoms with Crippen LogP contribution in [0.1, 0.15) is 49.1 Å². The summed E-state index contributed by atoms with van der Waals surface area (Å²) < 4.78 is 11.9. The van der Waals surface area contributed by atoms with E-state index in [9.17, 15) is 0 Å². The number of rotatable bonds is 8. The van der Waals surface area contributed by atoms with Gasteiger partial charge >= 0.3 is 0 Å². The molecule has 5 N–H and O–H groups in total. The first-order valence-corrected chi connectivity index (χ1v) is 9.89. The van der Waals surface area contributed by atoms with Crippen LogP contribution in [-0.2, 0) is 11.3 Å². The molecule has 1 aliphatic rings. The molecule has 1 aromatic carbocycles. The zero-order valence-electron chi connectivity index (χ0n) is 16.5. The standard InChI is InChI=1S/C22H30N4O2/c1-16-21(28-18-10-6-3-7-11-18)13-12-19(25-16)22(23)20(26-24)15-27-14-17-8-4-2-5-9-17/h2,4-5,8-9,12-13,18,26H,3,6-7,10-11,14-15,23-24H2,1H3/b22-20-. The number of aromatic nitrogens is 1. The first-order valence-electron chi connectivity index (χ1n) is 9.89. The summed E-state index contributed by atoms with van der Waals surface area (Å²) in [5.74, 6) is 6.49. The smallest absolute Gasteiger partial charge is 0.140 e. The highest BCUT2D eigenvalue weighted by Gasteiger charge is 2.17. The van der Waals surface area contributed by atoms with Crippen molar-refractivity contribution < 1.29 is 9.47 Å². The van der Waals surface area contributed by atoms with Gasteiger partial charge in [-0.2, -0.15) is 0 Å². The Morgan fingerprint density at radius 1 is 1.11 bits per heavy atom. The van der Waals surface area contributed by atoms with E-state index in [1.807, 2.05) is 49.4 Å². The number of pyridine rings is 1. The van der Waals surface area contributed by atoms with Gasteiger partial charge in [0.25, 0.3) is 0 Å². The highest BCUT2D eigenvalue weighted by Crippen LogP contribution is 2.26. The molecular weight excluding hydrogens is 352 g/mol. The van der Waals surface area contributed by atoms with Crippen LogP contribution in [0.5, 0.6) is 5.75 Å². The Morgan fingerprint density at radius 3 is 2.54 bits per heavy atom. The third kappa shape index (κ3) is 5.47. The summed E-state index contributed by atoms with van der Waals surface area (Å²) in [6.07, 6.45) is 6.30. The predicted octanol–water partition coefficient (Wildman–Crippen LogP) is 3.41. The average Bonchev–Trinajstić information content (AvgIpc) is 2.74. The van der Waals surface area contributed by atoms with E-state index in [1.54, 1.807) is 0 Å². The summed E-state index contributed by atoms with van der Waals surface area (Å²) in [7, 11) is 0. The lowest BCUT2D eigenvalue weighted by molar-refractivity contribution is 0.139. The van der Waals surface area contributed by atoms with E-state index < -0.39 is 0 Å². The second-order valence-electron chi connectivity index (χ2n) is 7.17. The van der Waals surface area contributed by atoms with Crippen LogP contribution in [0, 0.1) is 6.92 Å². The molecule has 1 aliphatic carbocycles. The van der Waals surface area contributed by atoms with E-state index in [0.29, 0.717) is 29.8 Å². The van der Waals surface area contributed by atoms with Gasteiger partial charge in [-0.15, -0.1) is 0 Å². The van der Waals surface area contributed by atoms with Gasteiger partial charge in [-0.05, 0) is 50.3 Å². The van der Waals surface area contributed by atoms with E-state index >= 15 is 0 Å².